The molecule has 3 nitrogen and oxygen atoms in total. The van der Waals surface area contributed by atoms with Gasteiger partial charge in [-0.05, 0) is 31.0 Å². The minimum Gasteiger partial charge on any atom is -0.439 e. The third-order valence-corrected chi connectivity index (χ3v) is 3.05. The lowest BCUT2D eigenvalue weighted by atomic mass is 10.1. The van der Waals surface area contributed by atoms with E-state index in [1.807, 2.05) is 19.1 Å². The quantitative estimate of drug-likeness (QED) is 0.765. The molecule has 100 valence electrons. The highest BCUT2D eigenvalue weighted by Crippen LogP contribution is 2.24. The van der Waals surface area contributed by atoms with Crippen LogP contribution >= 0.6 is 11.6 Å². The minimum absolute atomic E-state index is 0.337. The van der Waals surface area contributed by atoms with E-state index in [4.69, 9.17) is 16.3 Å². The van der Waals surface area contributed by atoms with Crippen molar-refractivity contribution in [1.29, 1.82) is 0 Å². The first-order chi connectivity index (χ1) is 9.22. The molecule has 0 saturated heterocycles. The number of nitrogens with zero attached hydrogens (tertiary/aromatic N) is 2. The Labute approximate surface area is 118 Å². The Morgan fingerprint density at radius 3 is 2.58 bits per heavy atom. The predicted molar refractivity (Wildman–Crippen MR) is 76.8 cm³/mol. The first-order valence-corrected chi connectivity index (χ1v) is 6.91. The van der Waals surface area contributed by atoms with Crippen molar-refractivity contribution in [1.82, 2.24) is 9.97 Å². The molecule has 0 saturated carbocycles. The van der Waals surface area contributed by atoms with Crippen LogP contribution < -0.4 is 4.74 Å². The summed E-state index contributed by atoms with van der Waals surface area (Å²) in [6.07, 6.45) is 3.93. The molecular formula is C15H17ClN2O. The van der Waals surface area contributed by atoms with Gasteiger partial charge in [0.05, 0.1) is 5.88 Å². The Bertz CT molecular complexity index is 540. The molecule has 0 fully saturated rings. The van der Waals surface area contributed by atoms with Gasteiger partial charge < -0.3 is 4.74 Å². The minimum atomic E-state index is 0.337. The maximum Gasteiger partial charge on any atom is 0.226 e. The SMILES string of the molecule is CCCc1ccc(Oc2nc(C)ncc2CCl)cc1. The lowest BCUT2D eigenvalue weighted by Crippen LogP contribution is -1.97. The molecule has 0 aliphatic rings. The maximum atomic E-state index is 5.86. The molecule has 1 heterocycles. The third-order valence-electron chi connectivity index (χ3n) is 2.77. The van der Waals surface area contributed by atoms with E-state index in [2.05, 4.69) is 29.0 Å². The van der Waals surface area contributed by atoms with Gasteiger partial charge in [0.25, 0.3) is 0 Å². The van der Waals surface area contributed by atoms with Crippen LogP contribution in [-0.4, -0.2) is 9.97 Å². The van der Waals surface area contributed by atoms with E-state index >= 15 is 0 Å². The molecule has 1 aromatic carbocycles. The summed E-state index contributed by atoms with van der Waals surface area (Å²) in [7, 11) is 0. The zero-order valence-electron chi connectivity index (χ0n) is 11.2. The average Bonchev–Trinajstić information content (AvgIpc) is 2.42. The molecule has 0 bridgehead atoms. The fourth-order valence-corrected chi connectivity index (χ4v) is 1.96. The van der Waals surface area contributed by atoms with Gasteiger partial charge in [-0.1, -0.05) is 25.5 Å². The van der Waals surface area contributed by atoms with Gasteiger partial charge in [-0.2, -0.15) is 4.98 Å². The van der Waals surface area contributed by atoms with Crippen LogP contribution in [0.3, 0.4) is 0 Å². The second-order valence-electron chi connectivity index (χ2n) is 4.38. The molecule has 2 aromatic rings. The monoisotopic (exact) mass is 276 g/mol. The fourth-order valence-electron chi connectivity index (χ4n) is 1.78. The number of aromatic nitrogens is 2. The summed E-state index contributed by atoms with van der Waals surface area (Å²) in [6.45, 7) is 4.00. The number of ether oxygens (including phenoxy) is 1. The standard InChI is InChI=1S/C15H17ClN2O/c1-3-4-12-5-7-14(8-6-12)19-15-13(9-16)10-17-11(2)18-15/h5-8,10H,3-4,9H2,1-2H3. The molecule has 2 rings (SSSR count). The second-order valence-corrected chi connectivity index (χ2v) is 4.64. The zero-order chi connectivity index (χ0) is 13.7. The Morgan fingerprint density at radius 1 is 1.21 bits per heavy atom. The van der Waals surface area contributed by atoms with E-state index in [9.17, 15) is 0 Å². The number of hydrogen-bond donors (Lipinski definition) is 0. The van der Waals surface area contributed by atoms with Crippen molar-refractivity contribution in [3.05, 3.63) is 47.4 Å². The van der Waals surface area contributed by atoms with Crippen molar-refractivity contribution in [2.24, 2.45) is 0 Å². The molecule has 0 radical (unpaired) electrons. The van der Waals surface area contributed by atoms with Crippen LogP contribution in [-0.2, 0) is 12.3 Å². The van der Waals surface area contributed by atoms with Crippen molar-refractivity contribution >= 4 is 11.6 Å². The molecule has 0 spiro atoms. The van der Waals surface area contributed by atoms with Crippen LogP contribution in [0.15, 0.2) is 30.5 Å². The topological polar surface area (TPSA) is 35.0 Å². The van der Waals surface area contributed by atoms with Crippen molar-refractivity contribution in [2.75, 3.05) is 0 Å². The number of rotatable bonds is 5. The Balaban J connectivity index is 2.18. The molecule has 0 unspecified atom stereocenters. The van der Waals surface area contributed by atoms with Gasteiger partial charge >= 0.3 is 0 Å². The predicted octanol–water partition coefficient (Wildman–Crippen LogP) is 4.27. The smallest absolute Gasteiger partial charge is 0.226 e. The molecular weight excluding hydrogens is 260 g/mol. The van der Waals surface area contributed by atoms with E-state index in [-0.39, 0.29) is 0 Å². The number of halogens is 1. The molecule has 19 heavy (non-hydrogen) atoms. The van der Waals surface area contributed by atoms with Gasteiger partial charge in [-0.15, -0.1) is 11.6 Å². The zero-order valence-corrected chi connectivity index (χ0v) is 11.9. The second kappa shape index (κ2) is 6.53. The summed E-state index contributed by atoms with van der Waals surface area (Å²) in [6, 6.07) is 8.07. The Morgan fingerprint density at radius 2 is 1.95 bits per heavy atom. The van der Waals surface area contributed by atoms with Crippen molar-refractivity contribution in [3.63, 3.8) is 0 Å². The van der Waals surface area contributed by atoms with Crippen molar-refractivity contribution < 1.29 is 4.74 Å². The summed E-state index contributed by atoms with van der Waals surface area (Å²) in [5.74, 6) is 2.31. The molecule has 4 heteroatoms. The van der Waals surface area contributed by atoms with Crippen LogP contribution in [0.4, 0.5) is 0 Å². The highest BCUT2D eigenvalue weighted by molar-refractivity contribution is 6.17. The summed E-state index contributed by atoms with van der Waals surface area (Å²) in [5.41, 5.74) is 2.11. The lowest BCUT2D eigenvalue weighted by Gasteiger charge is -2.09. The Hall–Kier alpha value is -1.61. The third kappa shape index (κ3) is 3.67. The van der Waals surface area contributed by atoms with Crippen LogP contribution in [0.25, 0.3) is 0 Å². The van der Waals surface area contributed by atoms with Gasteiger partial charge in [0.1, 0.15) is 11.6 Å². The van der Waals surface area contributed by atoms with Gasteiger partial charge in [-0.3, -0.25) is 0 Å². The van der Waals surface area contributed by atoms with Crippen LogP contribution in [0, 0.1) is 6.92 Å². The Kier molecular flexibility index (Phi) is 4.74. The number of alkyl halides is 1. The summed E-state index contributed by atoms with van der Waals surface area (Å²) in [5, 5.41) is 0. The largest absolute Gasteiger partial charge is 0.439 e. The van der Waals surface area contributed by atoms with E-state index in [1.165, 1.54) is 5.56 Å². The first-order valence-electron chi connectivity index (χ1n) is 6.38. The van der Waals surface area contributed by atoms with E-state index in [1.54, 1.807) is 6.20 Å². The van der Waals surface area contributed by atoms with Gasteiger partial charge in [0.15, 0.2) is 0 Å². The van der Waals surface area contributed by atoms with Crippen molar-refractivity contribution in [2.45, 2.75) is 32.6 Å². The van der Waals surface area contributed by atoms with Crippen LogP contribution in [0.1, 0.15) is 30.3 Å². The van der Waals surface area contributed by atoms with Gasteiger partial charge in [-0.25, -0.2) is 4.98 Å². The van der Waals surface area contributed by atoms with E-state index in [0.717, 1.165) is 24.2 Å². The summed E-state index contributed by atoms with van der Waals surface area (Å²) < 4.78 is 5.78. The molecule has 1 aromatic heterocycles. The first kappa shape index (κ1) is 13.8. The molecule has 0 aliphatic carbocycles. The highest BCUT2D eigenvalue weighted by atomic mass is 35.5. The summed E-state index contributed by atoms with van der Waals surface area (Å²) in [4.78, 5) is 8.40. The molecule has 0 aliphatic heterocycles. The van der Waals surface area contributed by atoms with Crippen LogP contribution in [0.5, 0.6) is 11.6 Å². The number of hydrogen-bond acceptors (Lipinski definition) is 3. The highest BCUT2D eigenvalue weighted by Gasteiger charge is 2.07. The van der Waals surface area contributed by atoms with E-state index < -0.39 is 0 Å². The van der Waals surface area contributed by atoms with Gasteiger partial charge in [0, 0.05) is 11.8 Å². The molecule has 0 atom stereocenters. The van der Waals surface area contributed by atoms with Gasteiger partial charge in [0.2, 0.25) is 5.88 Å². The van der Waals surface area contributed by atoms with Crippen LogP contribution in [0.2, 0.25) is 0 Å². The maximum absolute atomic E-state index is 5.86. The number of aryl methyl sites for hydroxylation is 2. The summed E-state index contributed by atoms with van der Waals surface area (Å²) >= 11 is 5.86. The van der Waals surface area contributed by atoms with Crippen molar-refractivity contribution in [3.8, 4) is 11.6 Å². The number of benzene rings is 1. The average molecular weight is 277 g/mol. The molecule has 0 N–H and O–H groups in total. The normalized spacial score (nSPS) is 10.5. The lowest BCUT2D eigenvalue weighted by molar-refractivity contribution is 0.454. The van der Waals surface area contributed by atoms with E-state index in [0.29, 0.717) is 17.6 Å². The molecule has 0 amide bonds. The fraction of sp³-hybridized carbons (Fsp3) is 0.333.